The Kier molecular flexibility index (Phi) is 4.23. The van der Waals surface area contributed by atoms with Crippen molar-refractivity contribution in [1.29, 1.82) is 0 Å². The molecule has 23 heavy (non-hydrogen) atoms. The summed E-state index contributed by atoms with van der Waals surface area (Å²) in [5.41, 5.74) is 1.04. The molecule has 5 nitrogen and oxygen atoms in total. The fraction of sp³-hybridized carbons (Fsp3) is 0.133. The van der Waals surface area contributed by atoms with Crippen molar-refractivity contribution < 1.29 is 13.2 Å². The van der Waals surface area contributed by atoms with Gasteiger partial charge in [0.2, 0.25) is 0 Å². The summed E-state index contributed by atoms with van der Waals surface area (Å²) in [4.78, 5) is 3.99. The van der Waals surface area contributed by atoms with Gasteiger partial charge in [-0.15, -0.1) is 0 Å². The summed E-state index contributed by atoms with van der Waals surface area (Å²) in [6, 6.07) is 9.62. The Morgan fingerprint density at radius 1 is 1.17 bits per heavy atom. The molecule has 0 saturated carbocycles. The van der Waals surface area contributed by atoms with Gasteiger partial charge < -0.3 is 4.74 Å². The van der Waals surface area contributed by atoms with E-state index in [0.29, 0.717) is 23.4 Å². The van der Waals surface area contributed by atoms with Crippen LogP contribution in [0.15, 0.2) is 47.6 Å². The SMILES string of the molecule is CCOc1cc(Cl)c(S(=O)(=O)n2cnc3ccccc32)cc1Cl. The third-order valence-electron chi connectivity index (χ3n) is 3.24. The van der Waals surface area contributed by atoms with Crippen LogP contribution in [0.2, 0.25) is 10.0 Å². The van der Waals surface area contributed by atoms with Gasteiger partial charge in [0.05, 0.1) is 27.7 Å². The molecule has 0 fully saturated rings. The monoisotopic (exact) mass is 370 g/mol. The molecular weight excluding hydrogens is 359 g/mol. The zero-order valence-electron chi connectivity index (χ0n) is 12.0. The Hall–Kier alpha value is -1.76. The lowest BCUT2D eigenvalue weighted by Gasteiger charge is -2.12. The number of para-hydroxylation sites is 2. The lowest BCUT2D eigenvalue weighted by Crippen LogP contribution is -2.12. The van der Waals surface area contributed by atoms with Crippen LogP contribution < -0.4 is 4.74 Å². The lowest BCUT2D eigenvalue weighted by atomic mass is 10.3. The first-order chi connectivity index (χ1) is 10.9. The quantitative estimate of drug-likeness (QED) is 0.696. The summed E-state index contributed by atoms with van der Waals surface area (Å²) >= 11 is 12.2. The Morgan fingerprint density at radius 2 is 1.91 bits per heavy atom. The molecular formula is C15H12Cl2N2O3S. The molecule has 0 aliphatic rings. The van der Waals surface area contributed by atoms with Crippen molar-refractivity contribution in [3.05, 3.63) is 52.8 Å². The van der Waals surface area contributed by atoms with E-state index in [0.717, 1.165) is 3.97 Å². The smallest absolute Gasteiger partial charge is 0.271 e. The topological polar surface area (TPSA) is 61.2 Å². The van der Waals surface area contributed by atoms with Crippen LogP contribution in [0.1, 0.15) is 6.92 Å². The minimum Gasteiger partial charge on any atom is -0.492 e. The van der Waals surface area contributed by atoms with Gasteiger partial charge in [0.15, 0.2) is 0 Å². The van der Waals surface area contributed by atoms with Gasteiger partial charge in [-0.05, 0) is 25.1 Å². The van der Waals surface area contributed by atoms with Gasteiger partial charge in [-0.25, -0.2) is 17.4 Å². The number of aromatic nitrogens is 2. The van der Waals surface area contributed by atoms with E-state index in [1.807, 2.05) is 0 Å². The second-order valence-electron chi connectivity index (χ2n) is 4.68. The van der Waals surface area contributed by atoms with Gasteiger partial charge in [-0.1, -0.05) is 35.3 Å². The van der Waals surface area contributed by atoms with E-state index in [1.54, 1.807) is 31.2 Å². The number of benzene rings is 2. The second kappa shape index (κ2) is 6.03. The largest absolute Gasteiger partial charge is 0.492 e. The van der Waals surface area contributed by atoms with E-state index < -0.39 is 10.0 Å². The first-order valence-corrected chi connectivity index (χ1v) is 8.94. The highest BCUT2D eigenvalue weighted by Crippen LogP contribution is 2.35. The van der Waals surface area contributed by atoms with Crippen LogP contribution in [0.3, 0.4) is 0 Å². The zero-order chi connectivity index (χ0) is 16.6. The lowest BCUT2D eigenvalue weighted by molar-refractivity contribution is 0.340. The average molecular weight is 371 g/mol. The fourth-order valence-electron chi connectivity index (χ4n) is 2.21. The molecule has 1 aromatic heterocycles. The third kappa shape index (κ3) is 2.78. The fourth-order valence-corrected chi connectivity index (χ4v) is 4.31. The van der Waals surface area contributed by atoms with Crippen LogP contribution in [-0.2, 0) is 10.0 Å². The van der Waals surface area contributed by atoms with E-state index in [2.05, 4.69) is 4.98 Å². The predicted octanol–water partition coefficient (Wildman–Crippen LogP) is 3.98. The highest BCUT2D eigenvalue weighted by atomic mass is 35.5. The third-order valence-corrected chi connectivity index (χ3v) is 5.67. The summed E-state index contributed by atoms with van der Waals surface area (Å²) in [5.74, 6) is 0.341. The van der Waals surface area contributed by atoms with E-state index in [1.165, 1.54) is 18.5 Å². The number of hydrogen-bond donors (Lipinski definition) is 0. The van der Waals surface area contributed by atoms with E-state index in [4.69, 9.17) is 27.9 Å². The standard InChI is InChI=1S/C15H12Cl2N2O3S/c1-2-22-14-7-11(17)15(8-10(14)16)23(20,21)19-9-18-12-5-3-4-6-13(12)19/h3-9H,2H2,1H3. The maximum atomic E-state index is 12.9. The number of hydrogen-bond acceptors (Lipinski definition) is 4. The molecule has 0 radical (unpaired) electrons. The van der Waals surface area contributed by atoms with Gasteiger partial charge >= 0.3 is 0 Å². The molecule has 0 atom stereocenters. The van der Waals surface area contributed by atoms with Crippen LogP contribution in [0.25, 0.3) is 11.0 Å². The molecule has 0 saturated heterocycles. The van der Waals surface area contributed by atoms with Crippen LogP contribution in [0, 0.1) is 0 Å². The van der Waals surface area contributed by atoms with E-state index in [9.17, 15) is 8.42 Å². The number of fused-ring (bicyclic) bond motifs is 1. The maximum absolute atomic E-state index is 12.9. The van der Waals surface area contributed by atoms with Crippen molar-refractivity contribution in [2.24, 2.45) is 0 Å². The molecule has 8 heteroatoms. The Labute approximate surface area is 143 Å². The molecule has 3 aromatic rings. The predicted molar refractivity (Wildman–Crippen MR) is 89.9 cm³/mol. The molecule has 1 heterocycles. The van der Waals surface area contributed by atoms with Crippen molar-refractivity contribution >= 4 is 44.3 Å². The molecule has 120 valence electrons. The van der Waals surface area contributed by atoms with Gasteiger partial charge in [0, 0.05) is 6.07 Å². The molecule has 0 N–H and O–H groups in total. The molecule has 0 bridgehead atoms. The Balaban J connectivity index is 2.19. The van der Waals surface area contributed by atoms with Crippen molar-refractivity contribution in [3.63, 3.8) is 0 Å². The van der Waals surface area contributed by atoms with Gasteiger partial charge in [-0.3, -0.25) is 0 Å². The van der Waals surface area contributed by atoms with E-state index in [-0.39, 0.29) is 14.9 Å². The van der Waals surface area contributed by atoms with Crippen molar-refractivity contribution in [3.8, 4) is 5.75 Å². The van der Waals surface area contributed by atoms with Crippen LogP contribution >= 0.6 is 23.2 Å². The average Bonchev–Trinajstić information content (AvgIpc) is 2.95. The molecule has 2 aromatic carbocycles. The number of imidazole rings is 1. The van der Waals surface area contributed by atoms with Crippen molar-refractivity contribution in [2.45, 2.75) is 11.8 Å². The van der Waals surface area contributed by atoms with Gasteiger partial charge in [-0.2, -0.15) is 0 Å². The van der Waals surface area contributed by atoms with E-state index >= 15 is 0 Å². The highest BCUT2D eigenvalue weighted by molar-refractivity contribution is 7.90. The molecule has 0 aliphatic heterocycles. The van der Waals surface area contributed by atoms with Crippen LogP contribution in [0.5, 0.6) is 5.75 Å². The molecule has 0 amide bonds. The summed E-state index contributed by atoms with van der Waals surface area (Å²) in [6.45, 7) is 2.20. The molecule has 0 spiro atoms. The molecule has 0 aliphatic carbocycles. The summed E-state index contributed by atoms with van der Waals surface area (Å²) < 4.78 is 32.2. The second-order valence-corrected chi connectivity index (χ2v) is 7.28. The highest BCUT2D eigenvalue weighted by Gasteiger charge is 2.24. The normalized spacial score (nSPS) is 11.8. The summed E-state index contributed by atoms with van der Waals surface area (Å²) in [7, 11) is -3.92. The first-order valence-electron chi connectivity index (χ1n) is 6.74. The summed E-state index contributed by atoms with van der Waals surface area (Å²) in [6.07, 6.45) is 1.25. The van der Waals surface area contributed by atoms with Crippen LogP contribution in [-0.4, -0.2) is 24.0 Å². The number of halogens is 2. The zero-order valence-corrected chi connectivity index (χ0v) is 14.4. The Bertz CT molecular complexity index is 984. The van der Waals surface area contributed by atoms with Gasteiger partial charge in [0.25, 0.3) is 10.0 Å². The maximum Gasteiger partial charge on any atom is 0.271 e. The van der Waals surface area contributed by atoms with Gasteiger partial charge in [0.1, 0.15) is 17.0 Å². The Morgan fingerprint density at radius 3 is 2.65 bits per heavy atom. The summed E-state index contributed by atoms with van der Waals surface area (Å²) in [5, 5.41) is 0.217. The number of rotatable bonds is 4. The van der Waals surface area contributed by atoms with Crippen molar-refractivity contribution in [1.82, 2.24) is 8.96 Å². The minimum atomic E-state index is -3.92. The van der Waals surface area contributed by atoms with Crippen LogP contribution in [0.4, 0.5) is 0 Å². The molecule has 0 unspecified atom stereocenters. The minimum absolute atomic E-state index is 0.0376. The van der Waals surface area contributed by atoms with Crippen molar-refractivity contribution in [2.75, 3.05) is 6.61 Å². The molecule has 3 rings (SSSR count). The number of nitrogens with zero attached hydrogens (tertiary/aromatic N) is 2. The number of ether oxygens (including phenoxy) is 1. The first kappa shape index (κ1) is 16.1.